The SMILES string of the molecule is COc1ccc2nccc([C@@H](F)CC[C@@H]3CCN(CC#Cc4cc(F)ccc4F)C[C@@H]3CO)c2c1. The normalized spacial score (nSPS) is 19.2. The first-order chi connectivity index (χ1) is 17.0. The maximum Gasteiger partial charge on any atom is 0.139 e. The summed E-state index contributed by atoms with van der Waals surface area (Å²) in [5.41, 5.74) is 1.37. The van der Waals surface area contributed by atoms with E-state index in [1.165, 1.54) is 0 Å². The molecule has 0 saturated carbocycles. The molecule has 0 unspecified atom stereocenters. The number of methoxy groups -OCH3 is 1. The number of halogens is 3. The Hall–Kier alpha value is -3.08. The van der Waals surface area contributed by atoms with Crippen LogP contribution < -0.4 is 4.74 Å². The molecule has 1 saturated heterocycles. The summed E-state index contributed by atoms with van der Waals surface area (Å²) in [5.74, 6) is 5.40. The molecule has 0 amide bonds. The molecule has 1 aliphatic heterocycles. The molecule has 3 aromatic rings. The molecule has 4 nitrogen and oxygen atoms in total. The first-order valence-electron chi connectivity index (χ1n) is 11.8. The second-order valence-electron chi connectivity index (χ2n) is 8.98. The van der Waals surface area contributed by atoms with Gasteiger partial charge in [-0.05, 0) is 85.7 Å². The molecule has 184 valence electrons. The number of aliphatic hydroxyl groups is 1. The van der Waals surface area contributed by atoms with E-state index in [1.807, 2.05) is 18.2 Å². The lowest BCUT2D eigenvalue weighted by molar-refractivity contribution is 0.0708. The van der Waals surface area contributed by atoms with Gasteiger partial charge < -0.3 is 9.84 Å². The average molecular weight is 483 g/mol. The van der Waals surface area contributed by atoms with Gasteiger partial charge in [-0.3, -0.25) is 9.88 Å². The van der Waals surface area contributed by atoms with E-state index in [4.69, 9.17) is 4.74 Å². The summed E-state index contributed by atoms with van der Waals surface area (Å²) in [6, 6.07) is 10.4. The number of piperidine rings is 1. The quantitative estimate of drug-likeness (QED) is 0.465. The molecule has 2 aromatic carbocycles. The van der Waals surface area contributed by atoms with E-state index >= 15 is 4.39 Å². The molecule has 1 aliphatic rings. The fourth-order valence-corrected chi connectivity index (χ4v) is 4.79. The molecule has 2 heterocycles. The third kappa shape index (κ3) is 6.14. The number of rotatable bonds is 7. The summed E-state index contributed by atoms with van der Waals surface area (Å²) in [6.07, 6.45) is 2.32. The molecule has 35 heavy (non-hydrogen) atoms. The van der Waals surface area contributed by atoms with Gasteiger partial charge in [0.2, 0.25) is 0 Å². The number of ether oxygens (including phenoxy) is 1. The van der Waals surface area contributed by atoms with Crippen LogP contribution >= 0.6 is 0 Å². The van der Waals surface area contributed by atoms with E-state index in [-0.39, 0.29) is 24.0 Å². The highest BCUT2D eigenvalue weighted by Gasteiger charge is 2.29. The average Bonchev–Trinajstić information content (AvgIpc) is 2.88. The number of hydrogen-bond acceptors (Lipinski definition) is 4. The Morgan fingerprint density at radius 1 is 1.17 bits per heavy atom. The molecule has 1 N–H and O–H groups in total. The van der Waals surface area contributed by atoms with Gasteiger partial charge in [-0.1, -0.05) is 11.8 Å². The van der Waals surface area contributed by atoms with Crippen LogP contribution in [0, 0.1) is 35.3 Å². The highest BCUT2D eigenvalue weighted by atomic mass is 19.1. The molecule has 7 heteroatoms. The highest BCUT2D eigenvalue weighted by molar-refractivity contribution is 5.83. The predicted octanol–water partition coefficient (Wildman–Crippen LogP) is 5.29. The minimum Gasteiger partial charge on any atom is -0.497 e. The number of aromatic nitrogens is 1. The molecule has 1 fully saturated rings. The first-order valence-corrected chi connectivity index (χ1v) is 11.8. The van der Waals surface area contributed by atoms with E-state index in [1.54, 1.807) is 19.4 Å². The summed E-state index contributed by atoms with van der Waals surface area (Å²) in [6.45, 7) is 1.80. The van der Waals surface area contributed by atoms with E-state index in [2.05, 4.69) is 21.7 Å². The number of likely N-dealkylation sites (tertiary alicyclic amines) is 1. The molecular weight excluding hydrogens is 453 g/mol. The molecule has 4 rings (SSSR count). The van der Waals surface area contributed by atoms with Crippen LogP contribution in [-0.2, 0) is 0 Å². The van der Waals surface area contributed by atoms with Gasteiger partial charge in [-0.2, -0.15) is 0 Å². The Labute approximate surface area is 203 Å². The molecule has 0 aliphatic carbocycles. The highest BCUT2D eigenvalue weighted by Crippen LogP contribution is 2.35. The minimum absolute atomic E-state index is 0.0120. The second-order valence-corrected chi connectivity index (χ2v) is 8.98. The van der Waals surface area contributed by atoms with Gasteiger partial charge in [0.25, 0.3) is 0 Å². The number of aliphatic hydroxyl groups excluding tert-OH is 1. The number of hydrogen-bond donors (Lipinski definition) is 1. The third-order valence-electron chi connectivity index (χ3n) is 6.77. The number of fused-ring (bicyclic) bond motifs is 1. The number of alkyl halides is 1. The smallest absolute Gasteiger partial charge is 0.139 e. The second kappa shape index (κ2) is 11.6. The Morgan fingerprint density at radius 3 is 2.83 bits per heavy atom. The van der Waals surface area contributed by atoms with Crippen LogP contribution in [0.2, 0.25) is 0 Å². The van der Waals surface area contributed by atoms with E-state index in [0.29, 0.717) is 37.2 Å². The van der Waals surface area contributed by atoms with Crippen LogP contribution in [0.25, 0.3) is 10.9 Å². The van der Waals surface area contributed by atoms with Crippen molar-refractivity contribution in [3.63, 3.8) is 0 Å². The Bertz CT molecular complexity index is 1220. The Morgan fingerprint density at radius 2 is 2.03 bits per heavy atom. The monoisotopic (exact) mass is 482 g/mol. The molecule has 0 spiro atoms. The van der Waals surface area contributed by atoms with Gasteiger partial charge in [0.1, 0.15) is 23.6 Å². The third-order valence-corrected chi connectivity index (χ3v) is 6.77. The van der Waals surface area contributed by atoms with Crippen molar-refractivity contribution >= 4 is 10.9 Å². The summed E-state index contributed by atoms with van der Waals surface area (Å²) in [5, 5.41) is 10.7. The minimum atomic E-state index is -1.14. The first kappa shape index (κ1) is 25.0. The van der Waals surface area contributed by atoms with Crippen molar-refractivity contribution in [2.45, 2.75) is 25.4 Å². The Kier molecular flexibility index (Phi) is 8.27. The van der Waals surface area contributed by atoms with Crippen molar-refractivity contribution in [3.05, 3.63) is 71.4 Å². The van der Waals surface area contributed by atoms with Crippen molar-refractivity contribution < 1.29 is 23.0 Å². The van der Waals surface area contributed by atoms with Crippen LogP contribution in [0.4, 0.5) is 13.2 Å². The zero-order valence-corrected chi connectivity index (χ0v) is 19.7. The predicted molar refractivity (Wildman–Crippen MR) is 130 cm³/mol. The van der Waals surface area contributed by atoms with Crippen molar-refractivity contribution in [2.75, 3.05) is 33.4 Å². The lowest BCUT2D eigenvalue weighted by Gasteiger charge is -2.37. The molecule has 0 bridgehead atoms. The maximum atomic E-state index is 15.3. The topological polar surface area (TPSA) is 45.6 Å². The standard InChI is InChI=1S/C28H29F3N2O2/c1-35-23-6-9-28-25(16-23)24(10-12-32-28)27(31)7-4-19-11-14-33(17-21(19)18-34)13-2-3-20-15-22(29)5-8-26(20)30/h5-6,8-10,12,15-16,19,21,27,34H,4,7,11,13-14,17-18H2,1H3/t19-,21-,27+/m1/s1. The maximum absolute atomic E-state index is 15.3. The van der Waals surface area contributed by atoms with Crippen LogP contribution in [-0.4, -0.2) is 48.3 Å². The van der Waals surface area contributed by atoms with Crippen LogP contribution in [0.15, 0.2) is 48.7 Å². The van der Waals surface area contributed by atoms with Crippen molar-refractivity contribution in [2.24, 2.45) is 11.8 Å². The van der Waals surface area contributed by atoms with Crippen LogP contribution in [0.5, 0.6) is 5.75 Å². The van der Waals surface area contributed by atoms with E-state index < -0.39 is 17.8 Å². The van der Waals surface area contributed by atoms with Gasteiger partial charge in [-0.15, -0.1) is 0 Å². The zero-order chi connectivity index (χ0) is 24.8. The van der Waals surface area contributed by atoms with E-state index in [0.717, 1.165) is 42.1 Å². The van der Waals surface area contributed by atoms with Gasteiger partial charge in [-0.25, -0.2) is 13.2 Å². The lowest BCUT2D eigenvalue weighted by atomic mass is 9.81. The largest absolute Gasteiger partial charge is 0.497 e. The number of pyridine rings is 1. The lowest BCUT2D eigenvalue weighted by Crippen LogP contribution is -2.42. The van der Waals surface area contributed by atoms with E-state index in [9.17, 15) is 13.9 Å². The van der Waals surface area contributed by atoms with Crippen LogP contribution in [0.1, 0.15) is 36.6 Å². The molecule has 0 radical (unpaired) electrons. The molecule has 1 aromatic heterocycles. The molecule has 3 atom stereocenters. The fourth-order valence-electron chi connectivity index (χ4n) is 4.79. The number of benzene rings is 2. The van der Waals surface area contributed by atoms with Crippen molar-refractivity contribution in [3.8, 4) is 17.6 Å². The van der Waals surface area contributed by atoms with Crippen LogP contribution in [0.3, 0.4) is 0 Å². The van der Waals surface area contributed by atoms with Crippen molar-refractivity contribution in [1.29, 1.82) is 0 Å². The fraction of sp³-hybridized carbons (Fsp3) is 0.393. The van der Waals surface area contributed by atoms with Gasteiger partial charge in [0.15, 0.2) is 0 Å². The Balaban J connectivity index is 1.35. The van der Waals surface area contributed by atoms with Crippen molar-refractivity contribution in [1.82, 2.24) is 9.88 Å². The number of nitrogens with zero attached hydrogens (tertiary/aromatic N) is 2. The van der Waals surface area contributed by atoms with Gasteiger partial charge in [0, 0.05) is 24.7 Å². The van der Waals surface area contributed by atoms with Gasteiger partial charge in [0.05, 0.1) is 24.7 Å². The summed E-state index contributed by atoms with van der Waals surface area (Å²) < 4.78 is 47.7. The van der Waals surface area contributed by atoms with Gasteiger partial charge >= 0.3 is 0 Å². The zero-order valence-electron chi connectivity index (χ0n) is 19.7. The summed E-state index contributed by atoms with van der Waals surface area (Å²) in [4.78, 5) is 6.42. The molecular formula is C28H29F3N2O2. The summed E-state index contributed by atoms with van der Waals surface area (Å²) >= 11 is 0. The summed E-state index contributed by atoms with van der Waals surface area (Å²) in [7, 11) is 1.58.